The molecule has 3 nitrogen and oxygen atoms in total. The van der Waals surface area contributed by atoms with Crippen LogP contribution in [-0.2, 0) is 0 Å². The number of hydrogen-bond acceptors (Lipinski definition) is 3. The topological polar surface area (TPSA) is 38.9 Å². The van der Waals surface area contributed by atoms with Gasteiger partial charge in [0, 0.05) is 6.20 Å². The van der Waals surface area contributed by atoms with Gasteiger partial charge in [0.05, 0.1) is 5.39 Å². The molecule has 0 aromatic carbocycles. The predicted molar refractivity (Wildman–Crippen MR) is 36.5 cm³/mol. The molecule has 2 aromatic heterocycles. The van der Waals surface area contributed by atoms with Crippen molar-refractivity contribution in [2.45, 2.75) is 6.92 Å². The minimum atomic E-state index is 0.681. The van der Waals surface area contributed by atoms with Crippen LogP contribution in [-0.4, -0.2) is 10.1 Å². The van der Waals surface area contributed by atoms with Crippen LogP contribution in [0.4, 0.5) is 0 Å². The Morgan fingerprint density at radius 3 is 3.20 bits per heavy atom. The van der Waals surface area contributed by atoms with Gasteiger partial charge in [-0.1, -0.05) is 5.16 Å². The van der Waals surface area contributed by atoms with Crippen molar-refractivity contribution in [1.82, 2.24) is 10.1 Å². The van der Waals surface area contributed by atoms with Crippen LogP contribution in [0.2, 0.25) is 0 Å². The first kappa shape index (κ1) is 5.41. The Hall–Kier alpha value is -1.38. The van der Waals surface area contributed by atoms with Crippen LogP contribution >= 0.6 is 0 Å². The number of hydrogen-bond donors (Lipinski definition) is 0. The van der Waals surface area contributed by atoms with Gasteiger partial charge in [0.2, 0.25) is 5.65 Å². The van der Waals surface area contributed by atoms with Crippen LogP contribution in [0.15, 0.2) is 22.9 Å². The van der Waals surface area contributed by atoms with Gasteiger partial charge < -0.3 is 4.52 Å². The quantitative estimate of drug-likeness (QED) is 0.548. The summed E-state index contributed by atoms with van der Waals surface area (Å²) in [5, 5.41) is 4.72. The summed E-state index contributed by atoms with van der Waals surface area (Å²) in [4.78, 5) is 4.00. The fourth-order valence-corrected chi connectivity index (χ4v) is 0.905. The zero-order valence-corrected chi connectivity index (χ0v) is 5.53. The normalized spacial score (nSPS) is 10.5. The van der Waals surface area contributed by atoms with E-state index >= 15 is 0 Å². The Labute approximate surface area is 57.7 Å². The van der Waals surface area contributed by atoms with Crippen molar-refractivity contribution in [2.24, 2.45) is 0 Å². The molecule has 3 heteroatoms. The number of aryl methyl sites for hydroxylation is 1. The molecule has 0 radical (unpaired) electrons. The van der Waals surface area contributed by atoms with E-state index in [0.29, 0.717) is 5.65 Å². The van der Waals surface area contributed by atoms with Crippen molar-refractivity contribution in [1.29, 1.82) is 0 Å². The second-order valence-corrected chi connectivity index (χ2v) is 2.11. The van der Waals surface area contributed by atoms with Crippen LogP contribution in [0.5, 0.6) is 0 Å². The molecule has 0 spiro atoms. The van der Waals surface area contributed by atoms with Crippen molar-refractivity contribution in [3.8, 4) is 0 Å². The summed E-state index contributed by atoms with van der Waals surface area (Å²) in [5.74, 6) is 0.822. The van der Waals surface area contributed by atoms with Crippen molar-refractivity contribution in [2.75, 3.05) is 0 Å². The molecule has 2 rings (SSSR count). The Morgan fingerprint density at radius 1 is 1.50 bits per heavy atom. The van der Waals surface area contributed by atoms with Gasteiger partial charge in [-0.2, -0.15) is 0 Å². The molecular weight excluding hydrogens is 128 g/mol. The number of rotatable bonds is 0. The standard InChI is InChI=1S/C7H6N2O/c1-5-6-3-2-4-8-7(6)9-10-5/h2-4H,1H3. The van der Waals surface area contributed by atoms with Crippen molar-refractivity contribution < 1.29 is 4.52 Å². The molecule has 0 aliphatic rings. The Bertz CT molecular complexity index is 353. The molecule has 0 saturated carbocycles. The number of pyridine rings is 1. The third-order valence-electron chi connectivity index (χ3n) is 1.44. The third-order valence-corrected chi connectivity index (χ3v) is 1.44. The summed E-state index contributed by atoms with van der Waals surface area (Å²) in [7, 11) is 0. The molecule has 2 heterocycles. The molecule has 0 aliphatic heterocycles. The number of nitrogens with zero attached hydrogens (tertiary/aromatic N) is 2. The van der Waals surface area contributed by atoms with Gasteiger partial charge in [-0.15, -0.1) is 0 Å². The lowest BCUT2D eigenvalue weighted by Crippen LogP contribution is -1.72. The number of fused-ring (bicyclic) bond motifs is 1. The van der Waals surface area contributed by atoms with Crippen molar-refractivity contribution >= 4 is 11.0 Å². The average Bonchev–Trinajstić information content (AvgIpc) is 2.34. The van der Waals surface area contributed by atoms with Crippen LogP contribution in [0.1, 0.15) is 5.76 Å². The summed E-state index contributed by atoms with van der Waals surface area (Å²) in [5.41, 5.74) is 0.681. The van der Waals surface area contributed by atoms with Crippen LogP contribution in [0, 0.1) is 6.92 Å². The van der Waals surface area contributed by atoms with E-state index in [1.807, 2.05) is 19.1 Å². The SMILES string of the molecule is Cc1onc2ncccc12. The van der Waals surface area contributed by atoms with Crippen molar-refractivity contribution in [3.63, 3.8) is 0 Å². The van der Waals surface area contributed by atoms with Gasteiger partial charge in [-0.05, 0) is 19.1 Å². The van der Waals surface area contributed by atoms with E-state index in [0.717, 1.165) is 11.1 Å². The molecule has 0 fully saturated rings. The van der Waals surface area contributed by atoms with Crippen LogP contribution < -0.4 is 0 Å². The minimum absolute atomic E-state index is 0.681. The zero-order chi connectivity index (χ0) is 6.97. The molecule has 0 aliphatic carbocycles. The average molecular weight is 134 g/mol. The molecule has 0 bridgehead atoms. The minimum Gasteiger partial charge on any atom is -0.359 e. The molecule has 0 atom stereocenters. The van der Waals surface area contributed by atoms with Crippen molar-refractivity contribution in [3.05, 3.63) is 24.1 Å². The summed E-state index contributed by atoms with van der Waals surface area (Å²) >= 11 is 0. The second-order valence-electron chi connectivity index (χ2n) is 2.11. The number of aromatic nitrogens is 2. The largest absolute Gasteiger partial charge is 0.359 e. The lowest BCUT2D eigenvalue weighted by Gasteiger charge is -1.81. The molecule has 0 N–H and O–H groups in total. The van der Waals surface area contributed by atoms with E-state index in [-0.39, 0.29) is 0 Å². The Balaban J connectivity index is 2.93. The molecule has 0 amide bonds. The zero-order valence-electron chi connectivity index (χ0n) is 5.53. The summed E-state index contributed by atoms with van der Waals surface area (Å²) < 4.78 is 4.90. The third kappa shape index (κ3) is 0.603. The lowest BCUT2D eigenvalue weighted by atomic mass is 10.3. The Morgan fingerprint density at radius 2 is 2.40 bits per heavy atom. The van der Waals surface area contributed by atoms with Gasteiger partial charge in [0.15, 0.2) is 0 Å². The maximum atomic E-state index is 4.90. The smallest absolute Gasteiger partial charge is 0.202 e. The highest BCUT2D eigenvalue weighted by Gasteiger charge is 2.00. The Kier molecular flexibility index (Phi) is 0.974. The van der Waals surface area contributed by atoms with E-state index in [4.69, 9.17) is 4.52 Å². The predicted octanol–water partition coefficient (Wildman–Crippen LogP) is 1.53. The molecule has 50 valence electrons. The van der Waals surface area contributed by atoms with Gasteiger partial charge in [-0.25, -0.2) is 4.98 Å². The lowest BCUT2D eigenvalue weighted by molar-refractivity contribution is 0.404. The molecule has 0 saturated heterocycles. The first-order valence-corrected chi connectivity index (χ1v) is 3.05. The molecule has 10 heavy (non-hydrogen) atoms. The first-order valence-electron chi connectivity index (χ1n) is 3.05. The molecular formula is C7H6N2O. The molecule has 2 aromatic rings. The van der Waals surface area contributed by atoms with Crippen LogP contribution in [0.3, 0.4) is 0 Å². The van der Waals surface area contributed by atoms with E-state index in [1.54, 1.807) is 6.20 Å². The van der Waals surface area contributed by atoms with Gasteiger partial charge in [0.25, 0.3) is 0 Å². The highest BCUT2D eigenvalue weighted by atomic mass is 16.5. The first-order chi connectivity index (χ1) is 4.88. The van der Waals surface area contributed by atoms with Crippen LogP contribution in [0.25, 0.3) is 11.0 Å². The monoisotopic (exact) mass is 134 g/mol. The van der Waals surface area contributed by atoms with E-state index in [2.05, 4.69) is 10.1 Å². The maximum absolute atomic E-state index is 4.90. The van der Waals surface area contributed by atoms with Gasteiger partial charge in [0.1, 0.15) is 5.76 Å². The highest BCUT2D eigenvalue weighted by Crippen LogP contribution is 2.12. The van der Waals surface area contributed by atoms with Gasteiger partial charge >= 0.3 is 0 Å². The van der Waals surface area contributed by atoms with E-state index < -0.39 is 0 Å². The second kappa shape index (κ2) is 1.80. The molecule has 0 unspecified atom stereocenters. The highest BCUT2D eigenvalue weighted by molar-refractivity contribution is 5.75. The summed E-state index contributed by atoms with van der Waals surface area (Å²) in [6, 6.07) is 3.81. The maximum Gasteiger partial charge on any atom is 0.202 e. The van der Waals surface area contributed by atoms with E-state index in [1.165, 1.54) is 0 Å². The summed E-state index contributed by atoms with van der Waals surface area (Å²) in [6.45, 7) is 1.87. The summed E-state index contributed by atoms with van der Waals surface area (Å²) in [6.07, 6.45) is 1.70. The fourth-order valence-electron chi connectivity index (χ4n) is 0.905. The fraction of sp³-hybridized carbons (Fsp3) is 0.143. The van der Waals surface area contributed by atoms with Gasteiger partial charge in [-0.3, -0.25) is 0 Å². The van der Waals surface area contributed by atoms with E-state index in [9.17, 15) is 0 Å².